The van der Waals surface area contributed by atoms with Gasteiger partial charge in [0.25, 0.3) is 5.91 Å². The van der Waals surface area contributed by atoms with Gasteiger partial charge in [0.05, 0.1) is 30.1 Å². The number of carbonyl (C=O) groups excluding carboxylic acids is 2. The van der Waals surface area contributed by atoms with Crippen molar-refractivity contribution in [2.24, 2.45) is 0 Å². The number of nitrogens with zero attached hydrogens (tertiary/aromatic N) is 2. The number of amides is 1. The predicted octanol–water partition coefficient (Wildman–Crippen LogP) is 2.63. The summed E-state index contributed by atoms with van der Waals surface area (Å²) in [6, 6.07) is 8.87. The molecule has 0 aliphatic carbocycles. The second-order valence-electron chi connectivity index (χ2n) is 4.91. The standard InChI is InChI=1S/C16H12FN3O4S/c1-23-9-5-6-10(11(17)7-9)16(22)24-8-14(21)18-12-3-2-4-13-15(12)20-25-19-13/h2-7H,8H2,1H3,(H,18,21). The summed E-state index contributed by atoms with van der Waals surface area (Å²) in [4.78, 5) is 23.8. The maximum atomic E-state index is 13.8. The Morgan fingerprint density at radius 3 is 2.84 bits per heavy atom. The topological polar surface area (TPSA) is 90.4 Å². The Hall–Kier alpha value is -3.07. The minimum absolute atomic E-state index is 0.275. The maximum Gasteiger partial charge on any atom is 0.341 e. The van der Waals surface area contributed by atoms with Gasteiger partial charge in [-0.2, -0.15) is 8.75 Å². The smallest absolute Gasteiger partial charge is 0.341 e. The van der Waals surface area contributed by atoms with Crippen LogP contribution in [0.2, 0.25) is 0 Å². The lowest BCUT2D eigenvalue weighted by Gasteiger charge is -2.08. The van der Waals surface area contributed by atoms with E-state index in [1.807, 2.05) is 0 Å². The molecule has 1 amide bonds. The lowest BCUT2D eigenvalue weighted by atomic mass is 10.2. The summed E-state index contributed by atoms with van der Waals surface area (Å²) in [7, 11) is 1.38. The molecule has 0 saturated carbocycles. The zero-order chi connectivity index (χ0) is 17.8. The molecule has 25 heavy (non-hydrogen) atoms. The van der Waals surface area contributed by atoms with Gasteiger partial charge >= 0.3 is 5.97 Å². The summed E-state index contributed by atoms with van der Waals surface area (Å²) in [5.74, 6) is -2.02. The van der Waals surface area contributed by atoms with E-state index in [9.17, 15) is 14.0 Å². The first-order valence-electron chi connectivity index (χ1n) is 7.10. The molecule has 0 radical (unpaired) electrons. The Labute approximate surface area is 145 Å². The number of esters is 1. The van der Waals surface area contributed by atoms with E-state index in [-0.39, 0.29) is 11.3 Å². The van der Waals surface area contributed by atoms with Crippen LogP contribution in [0.25, 0.3) is 11.0 Å². The van der Waals surface area contributed by atoms with Crippen LogP contribution in [0, 0.1) is 5.82 Å². The Bertz CT molecular complexity index is 944. The number of fused-ring (bicyclic) bond motifs is 1. The van der Waals surface area contributed by atoms with E-state index >= 15 is 0 Å². The predicted molar refractivity (Wildman–Crippen MR) is 89.3 cm³/mol. The van der Waals surface area contributed by atoms with Gasteiger partial charge in [-0.15, -0.1) is 0 Å². The van der Waals surface area contributed by atoms with Gasteiger partial charge in [0.15, 0.2) is 6.61 Å². The molecule has 0 aliphatic heterocycles. The summed E-state index contributed by atoms with van der Waals surface area (Å²) in [6.45, 7) is -0.557. The Morgan fingerprint density at radius 1 is 1.24 bits per heavy atom. The summed E-state index contributed by atoms with van der Waals surface area (Å²) in [6.07, 6.45) is 0. The average Bonchev–Trinajstić information content (AvgIpc) is 3.09. The van der Waals surface area contributed by atoms with E-state index in [2.05, 4.69) is 14.1 Å². The Morgan fingerprint density at radius 2 is 2.08 bits per heavy atom. The number of ether oxygens (including phenoxy) is 2. The largest absolute Gasteiger partial charge is 0.497 e. The summed E-state index contributed by atoms with van der Waals surface area (Å²) in [5.41, 5.74) is 1.39. The minimum atomic E-state index is -0.941. The fourth-order valence-corrected chi connectivity index (χ4v) is 2.64. The zero-order valence-corrected chi connectivity index (χ0v) is 13.8. The summed E-state index contributed by atoms with van der Waals surface area (Å²) in [5, 5.41) is 2.58. The molecule has 0 aliphatic rings. The van der Waals surface area contributed by atoms with Gasteiger partial charge in [-0.1, -0.05) is 6.07 Å². The average molecular weight is 361 g/mol. The quantitative estimate of drug-likeness (QED) is 0.703. The molecule has 3 rings (SSSR count). The second kappa shape index (κ2) is 7.22. The van der Waals surface area contributed by atoms with Crippen molar-refractivity contribution in [1.82, 2.24) is 8.75 Å². The second-order valence-corrected chi connectivity index (χ2v) is 5.44. The first-order valence-corrected chi connectivity index (χ1v) is 7.83. The van der Waals surface area contributed by atoms with Crippen molar-refractivity contribution in [3.63, 3.8) is 0 Å². The third kappa shape index (κ3) is 3.72. The zero-order valence-electron chi connectivity index (χ0n) is 13.0. The highest BCUT2D eigenvalue weighted by atomic mass is 32.1. The first kappa shape index (κ1) is 16.8. The van der Waals surface area contributed by atoms with E-state index in [0.29, 0.717) is 16.7 Å². The van der Waals surface area contributed by atoms with Gasteiger partial charge in [0, 0.05) is 6.07 Å². The highest BCUT2D eigenvalue weighted by Crippen LogP contribution is 2.21. The molecule has 0 atom stereocenters. The molecule has 3 aromatic rings. The third-order valence-electron chi connectivity index (χ3n) is 3.29. The van der Waals surface area contributed by atoms with Crippen LogP contribution in [0.4, 0.5) is 10.1 Å². The lowest BCUT2D eigenvalue weighted by molar-refractivity contribution is -0.119. The molecule has 2 aromatic carbocycles. The van der Waals surface area contributed by atoms with Gasteiger partial charge < -0.3 is 14.8 Å². The summed E-state index contributed by atoms with van der Waals surface area (Å²) < 4.78 is 31.7. The number of methoxy groups -OCH3 is 1. The molecule has 0 bridgehead atoms. The van der Waals surface area contributed by atoms with Crippen molar-refractivity contribution in [1.29, 1.82) is 0 Å². The van der Waals surface area contributed by atoms with Gasteiger partial charge in [-0.3, -0.25) is 4.79 Å². The number of carbonyl (C=O) groups is 2. The Balaban J connectivity index is 1.62. The third-order valence-corrected chi connectivity index (χ3v) is 3.83. The number of rotatable bonds is 5. The van der Waals surface area contributed by atoms with Gasteiger partial charge in [0.2, 0.25) is 0 Å². The van der Waals surface area contributed by atoms with E-state index in [1.165, 1.54) is 19.2 Å². The molecule has 0 unspecified atom stereocenters. The number of anilines is 1. The van der Waals surface area contributed by atoms with Crippen LogP contribution < -0.4 is 10.1 Å². The van der Waals surface area contributed by atoms with Gasteiger partial charge in [0.1, 0.15) is 22.6 Å². The summed E-state index contributed by atoms with van der Waals surface area (Å²) >= 11 is 1.03. The van der Waals surface area contributed by atoms with Crippen molar-refractivity contribution in [2.75, 3.05) is 19.0 Å². The minimum Gasteiger partial charge on any atom is -0.497 e. The molecule has 1 aromatic heterocycles. The number of hydrogen-bond donors (Lipinski definition) is 1. The molecule has 1 N–H and O–H groups in total. The number of aromatic nitrogens is 2. The van der Waals surface area contributed by atoms with Gasteiger partial charge in [-0.05, 0) is 24.3 Å². The van der Waals surface area contributed by atoms with E-state index in [1.54, 1.807) is 18.2 Å². The fraction of sp³-hybridized carbons (Fsp3) is 0.125. The molecule has 0 saturated heterocycles. The number of benzene rings is 2. The highest BCUT2D eigenvalue weighted by Gasteiger charge is 2.16. The van der Waals surface area contributed by atoms with Crippen molar-refractivity contribution in [3.8, 4) is 5.75 Å². The highest BCUT2D eigenvalue weighted by molar-refractivity contribution is 7.00. The molecule has 9 heteroatoms. The normalized spacial score (nSPS) is 10.5. The van der Waals surface area contributed by atoms with E-state index in [0.717, 1.165) is 17.8 Å². The monoisotopic (exact) mass is 361 g/mol. The fourth-order valence-electron chi connectivity index (χ4n) is 2.09. The Kier molecular flexibility index (Phi) is 4.85. The molecule has 0 fully saturated rings. The number of hydrogen-bond acceptors (Lipinski definition) is 7. The van der Waals surface area contributed by atoms with Crippen molar-refractivity contribution < 1.29 is 23.5 Å². The maximum absolute atomic E-state index is 13.8. The molecule has 1 heterocycles. The van der Waals surface area contributed by atoms with Crippen molar-refractivity contribution >= 4 is 40.3 Å². The molecular weight excluding hydrogens is 349 g/mol. The SMILES string of the molecule is COc1ccc(C(=O)OCC(=O)Nc2cccc3nsnc23)c(F)c1. The van der Waals surface area contributed by atoms with Crippen LogP contribution in [0.1, 0.15) is 10.4 Å². The van der Waals surface area contributed by atoms with E-state index < -0.39 is 24.3 Å². The lowest BCUT2D eigenvalue weighted by Crippen LogP contribution is -2.21. The van der Waals surface area contributed by atoms with Crippen LogP contribution >= 0.6 is 11.7 Å². The van der Waals surface area contributed by atoms with Gasteiger partial charge in [-0.25, -0.2) is 9.18 Å². The molecule has 7 nitrogen and oxygen atoms in total. The first-order chi connectivity index (χ1) is 12.1. The van der Waals surface area contributed by atoms with Crippen LogP contribution in [0.5, 0.6) is 5.75 Å². The van der Waals surface area contributed by atoms with Crippen molar-refractivity contribution in [3.05, 3.63) is 47.8 Å². The molecule has 128 valence electrons. The van der Waals surface area contributed by atoms with Crippen LogP contribution in [-0.2, 0) is 9.53 Å². The number of halogens is 1. The molecular formula is C16H12FN3O4S. The number of nitrogens with one attached hydrogen (secondary N) is 1. The van der Waals surface area contributed by atoms with Crippen LogP contribution in [0.15, 0.2) is 36.4 Å². The van der Waals surface area contributed by atoms with E-state index in [4.69, 9.17) is 9.47 Å². The molecule has 0 spiro atoms. The van der Waals surface area contributed by atoms with Crippen LogP contribution in [0.3, 0.4) is 0 Å². The van der Waals surface area contributed by atoms with Crippen LogP contribution in [-0.4, -0.2) is 34.3 Å². The van der Waals surface area contributed by atoms with Crippen molar-refractivity contribution in [2.45, 2.75) is 0 Å².